The number of allylic oxidation sites excluding steroid dienone is 1. The van der Waals surface area contributed by atoms with Crippen LogP contribution in [0.2, 0.25) is 0 Å². The smallest absolute Gasteiger partial charge is 0.302 e. The fourth-order valence-electron chi connectivity index (χ4n) is 7.45. The second kappa shape index (κ2) is 6.63. The van der Waals surface area contributed by atoms with E-state index in [1.165, 1.54) is 26.2 Å². The molecule has 0 aromatic carbocycles. The number of fused-ring (bicyclic) bond motifs is 5. The topological polar surface area (TPSA) is 55.4 Å². The van der Waals surface area contributed by atoms with Gasteiger partial charge in [-0.05, 0) is 73.5 Å². The predicted octanol–water partition coefficient (Wildman–Crippen LogP) is 4.39. The Labute approximate surface area is 163 Å². The zero-order valence-corrected chi connectivity index (χ0v) is 17.3. The van der Waals surface area contributed by atoms with Gasteiger partial charge in [-0.1, -0.05) is 25.5 Å². The van der Waals surface area contributed by atoms with E-state index in [1.54, 1.807) is 12.5 Å². The Bertz CT molecular complexity index is 671. The number of ether oxygens (including phenoxy) is 1. The molecule has 3 fully saturated rings. The van der Waals surface area contributed by atoms with Crippen molar-refractivity contribution in [3.8, 4) is 0 Å². The number of nitrogens with one attached hydrogen (secondary N) is 1. The Hall–Kier alpha value is -1.32. The molecule has 150 valence electrons. The van der Waals surface area contributed by atoms with E-state index in [1.807, 2.05) is 0 Å². The van der Waals surface area contributed by atoms with Gasteiger partial charge in [0.2, 0.25) is 5.91 Å². The van der Waals surface area contributed by atoms with Crippen LogP contribution in [0, 0.1) is 28.6 Å². The Kier molecular flexibility index (Phi) is 4.67. The summed E-state index contributed by atoms with van der Waals surface area (Å²) in [7, 11) is 0. The molecule has 0 spiro atoms. The fourth-order valence-corrected chi connectivity index (χ4v) is 7.45. The van der Waals surface area contributed by atoms with Crippen molar-refractivity contribution in [3.63, 3.8) is 0 Å². The lowest BCUT2D eigenvalue weighted by atomic mass is 9.48. The molecule has 0 aromatic heterocycles. The summed E-state index contributed by atoms with van der Waals surface area (Å²) in [5.74, 6) is 2.16. The van der Waals surface area contributed by atoms with Crippen LogP contribution >= 0.6 is 0 Å². The highest BCUT2D eigenvalue weighted by Gasteiger charge is 2.58. The Balaban J connectivity index is 1.55. The van der Waals surface area contributed by atoms with E-state index < -0.39 is 0 Å². The zero-order chi connectivity index (χ0) is 19.4. The molecule has 0 heterocycles. The standard InChI is InChI=1S/C23H35NO3/c1-14(25)24-21-8-7-19-18-6-5-16-13-17(27-15(2)26)9-11-22(16,3)20(18)10-12-23(19,21)4/h5,17-21H,6-13H2,1-4H3,(H,24,25)/t17-,18+,19-,20+,21-,22-,23-/m0/s1. The Morgan fingerprint density at radius 2 is 1.85 bits per heavy atom. The van der Waals surface area contributed by atoms with Crippen molar-refractivity contribution in [3.05, 3.63) is 11.6 Å². The monoisotopic (exact) mass is 373 g/mol. The van der Waals surface area contributed by atoms with Gasteiger partial charge in [-0.2, -0.15) is 0 Å². The summed E-state index contributed by atoms with van der Waals surface area (Å²) in [6.45, 7) is 8.08. The van der Waals surface area contributed by atoms with E-state index in [2.05, 4.69) is 25.2 Å². The summed E-state index contributed by atoms with van der Waals surface area (Å²) in [5, 5.41) is 3.26. The molecule has 3 saturated carbocycles. The molecule has 0 radical (unpaired) electrons. The molecular formula is C23H35NO3. The molecule has 0 aliphatic heterocycles. The third kappa shape index (κ3) is 3.03. The summed E-state index contributed by atoms with van der Waals surface area (Å²) < 4.78 is 5.54. The van der Waals surface area contributed by atoms with E-state index in [-0.39, 0.29) is 28.8 Å². The second-order valence-electron chi connectivity index (χ2n) is 10.1. The first-order valence-electron chi connectivity index (χ1n) is 10.9. The zero-order valence-electron chi connectivity index (χ0n) is 17.3. The summed E-state index contributed by atoms with van der Waals surface area (Å²) in [4.78, 5) is 23.1. The molecule has 27 heavy (non-hydrogen) atoms. The highest BCUT2D eigenvalue weighted by molar-refractivity contribution is 5.73. The minimum absolute atomic E-state index is 0.0721. The van der Waals surface area contributed by atoms with Gasteiger partial charge in [0.05, 0.1) is 0 Å². The lowest BCUT2D eigenvalue weighted by Crippen LogP contribution is -2.53. The molecule has 4 aliphatic carbocycles. The molecule has 4 nitrogen and oxygen atoms in total. The maximum atomic E-state index is 11.7. The highest BCUT2D eigenvalue weighted by atomic mass is 16.5. The number of amides is 1. The maximum absolute atomic E-state index is 11.7. The molecule has 0 saturated heterocycles. The van der Waals surface area contributed by atoms with Crippen LogP contribution in [0.4, 0.5) is 0 Å². The van der Waals surface area contributed by atoms with Crippen molar-refractivity contribution in [1.82, 2.24) is 5.32 Å². The average Bonchev–Trinajstić information content (AvgIpc) is 2.91. The lowest BCUT2D eigenvalue weighted by molar-refractivity contribution is -0.148. The van der Waals surface area contributed by atoms with Crippen LogP contribution in [0.1, 0.15) is 79.1 Å². The van der Waals surface area contributed by atoms with Crippen LogP contribution in [0.15, 0.2) is 11.6 Å². The van der Waals surface area contributed by atoms with Gasteiger partial charge in [0.1, 0.15) is 6.10 Å². The lowest BCUT2D eigenvalue weighted by Gasteiger charge is -2.58. The van der Waals surface area contributed by atoms with Crippen molar-refractivity contribution < 1.29 is 14.3 Å². The molecule has 1 N–H and O–H groups in total. The van der Waals surface area contributed by atoms with Gasteiger partial charge in [-0.3, -0.25) is 9.59 Å². The van der Waals surface area contributed by atoms with Gasteiger partial charge in [-0.15, -0.1) is 0 Å². The largest absolute Gasteiger partial charge is 0.462 e. The summed E-state index contributed by atoms with van der Waals surface area (Å²) in [6, 6.07) is 0.346. The summed E-state index contributed by atoms with van der Waals surface area (Å²) in [5.41, 5.74) is 2.07. The third-order valence-corrected chi connectivity index (χ3v) is 8.77. The van der Waals surface area contributed by atoms with Gasteiger partial charge >= 0.3 is 5.97 Å². The molecule has 4 rings (SSSR count). The van der Waals surface area contributed by atoms with Gasteiger partial charge < -0.3 is 10.1 Å². The summed E-state index contributed by atoms with van der Waals surface area (Å²) in [6.07, 6.45) is 11.6. The van der Waals surface area contributed by atoms with Crippen LogP contribution in [-0.2, 0) is 14.3 Å². The minimum Gasteiger partial charge on any atom is -0.462 e. The Morgan fingerprint density at radius 3 is 2.56 bits per heavy atom. The van der Waals surface area contributed by atoms with E-state index >= 15 is 0 Å². The van der Waals surface area contributed by atoms with Crippen LogP contribution in [0.5, 0.6) is 0 Å². The molecule has 0 bridgehead atoms. The maximum Gasteiger partial charge on any atom is 0.302 e. The average molecular weight is 374 g/mol. The first kappa shape index (κ1) is 19.0. The molecule has 7 atom stereocenters. The number of carbonyl (C=O) groups excluding carboxylic acids is 2. The number of carbonyl (C=O) groups is 2. The van der Waals surface area contributed by atoms with Crippen molar-refractivity contribution >= 4 is 11.9 Å². The number of hydrogen-bond donors (Lipinski definition) is 1. The molecular weight excluding hydrogens is 338 g/mol. The van der Waals surface area contributed by atoms with Gasteiger partial charge in [0.15, 0.2) is 0 Å². The molecule has 0 aromatic rings. The molecule has 4 aliphatic rings. The SMILES string of the molecule is CC(=O)N[C@H]1CC[C@H]2[C@H]3CC=C4C[C@@H](OC(C)=O)CC[C@]4(C)[C@@H]3CC[C@]12C. The van der Waals surface area contributed by atoms with E-state index in [0.717, 1.165) is 43.9 Å². The van der Waals surface area contributed by atoms with Crippen molar-refractivity contribution in [2.24, 2.45) is 28.6 Å². The van der Waals surface area contributed by atoms with Crippen LogP contribution in [-0.4, -0.2) is 24.0 Å². The number of esters is 1. The van der Waals surface area contributed by atoms with E-state index in [9.17, 15) is 9.59 Å². The molecule has 4 heteroatoms. The number of hydrogen-bond acceptors (Lipinski definition) is 3. The normalized spacial score (nSPS) is 45.8. The van der Waals surface area contributed by atoms with E-state index in [0.29, 0.717) is 12.0 Å². The minimum atomic E-state index is -0.152. The van der Waals surface area contributed by atoms with Crippen molar-refractivity contribution in [2.75, 3.05) is 0 Å². The molecule has 1 amide bonds. The summed E-state index contributed by atoms with van der Waals surface area (Å²) >= 11 is 0. The van der Waals surface area contributed by atoms with Crippen molar-refractivity contribution in [1.29, 1.82) is 0 Å². The van der Waals surface area contributed by atoms with Gasteiger partial charge in [0, 0.05) is 26.3 Å². The first-order valence-corrected chi connectivity index (χ1v) is 10.9. The van der Waals surface area contributed by atoms with Crippen LogP contribution < -0.4 is 5.32 Å². The quantitative estimate of drug-likeness (QED) is 0.577. The Morgan fingerprint density at radius 1 is 1.07 bits per heavy atom. The molecule has 0 unspecified atom stereocenters. The van der Waals surface area contributed by atoms with Crippen molar-refractivity contribution in [2.45, 2.75) is 91.2 Å². The first-order chi connectivity index (χ1) is 12.7. The van der Waals surface area contributed by atoms with Gasteiger partial charge in [-0.25, -0.2) is 0 Å². The highest BCUT2D eigenvalue weighted by Crippen LogP contribution is 2.64. The predicted molar refractivity (Wildman–Crippen MR) is 105 cm³/mol. The van der Waals surface area contributed by atoms with Crippen LogP contribution in [0.3, 0.4) is 0 Å². The number of rotatable bonds is 2. The van der Waals surface area contributed by atoms with Crippen LogP contribution in [0.25, 0.3) is 0 Å². The van der Waals surface area contributed by atoms with Gasteiger partial charge in [0.25, 0.3) is 0 Å². The third-order valence-electron chi connectivity index (χ3n) is 8.77. The second-order valence-corrected chi connectivity index (χ2v) is 10.1. The van der Waals surface area contributed by atoms with E-state index in [4.69, 9.17) is 4.74 Å². The fraction of sp³-hybridized carbons (Fsp3) is 0.826.